The molecule has 2 aliphatic rings. The Bertz CT molecular complexity index is 2780. The van der Waals surface area contributed by atoms with E-state index in [1.54, 1.807) is 45.2 Å². The summed E-state index contributed by atoms with van der Waals surface area (Å²) in [5, 5.41) is 24.5. The normalized spacial score (nSPS) is 17.9. The molecule has 4 heterocycles. The third kappa shape index (κ3) is 7.79. The van der Waals surface area contributed by atoms with Gasteiger partial charge in [0.1, 0.15) is 23.9 Å². The first-order chi connectivity index (χ1) is 27.5. The molecule has 0 aliphatic heterocycles. The van der Waals surface area contributed by atoms with Crippen LogP contribution in [0.25, 0.3) is 32.4 Å². The van der Waals surface area contributed by atoms with Crippen LogP contribution >= 0.6 is 11.3 Å². The van der Waals surface area contributed by atoms with Gasteiger partial charge in [-0.1, -0.05) is 23.5 Å². The number of pyridine rings is 1. The Labute approximate surface area is 334 Å². The number of fused-ring (bicyclic) bond motifs is 5. The Morgan fingerprint density at radius 1 is 1.07 bits per heavy atom. The molecule has 2 aromatic carbocycles. The first-order valence-corrected chi connectivity index (χ1v) is 20.7. The largest absolute Gasteiger partial charge is 0.435 e. The molecule has 59 heavy (non-hydrogen) atoms. The zero-order valence-electron chi connectivity index (χ0n) is 31.4. The third-order valence-corrected chi connectivity index (χ3v) is 11.6. The number of sulfonamides is 1. The highest BCUT2D eigenvalue weighted by molar-refractivity contribution is 7.92. The lowest BCUT2D eigenvalue weighted by Crippen LogP contribution is -2.35. The Kier molecular flexibility index (Phi) is 9.50. The number of nitrogens with one attached hydrogen (secondary N) is 3. The molecule has 4 aromatic heterocycles. The molecule has 1 unspecified atom stereocenters. The number of hydrogen-bond acceptors (Lipinski definition) is 10. The number of nitrogens with zero attached hydrogens (tertiary/aromatic N) is 6. The molecule has 4 N–H and O–H groups in total. The third-order valence-electron chi connectivity index (χ3n) is 10.0. The number of halogens is 7. The number of benzene rings is 2. The zero-order chi connectivity index (χ0) is 42.6. The van der Waals surface area contributed by atoms with Crippen molar-refractivity contribution in [2.24, 2.45) is 13.0 Å². The predicted octanol–water partition coefficient (Wildman–Crippen LogP) is 6.60. The van der Waals surface area contributed by atoms with Crippen LogP contribution in [0.4, 0.5) is 41.7 Å². The fraction of sp³-hybridized carbons (Fsp3) is 0.378. The van der Waals surface area contributed by atoms with Crippen LogP contribution < -0.4 is 15.4 Å². The molecule has 13 nitrogen and oxygen atoms in total. The van der Waals surface area contributed by atoms with Gasteiger partial charge in [0.25, 0.3) is 5.92 Å². The van der Waals surface area contributed by atoms with Gasteiger partial charge in [0, 0.05) is 47.7 Å². The van der Waals surface area contributed by atoms with Crippen LogP contribution in [0.1, 0.15) is 60.4 Å². The number of aryl methyl sites for hydroxylation is 1. The van der Waals surface area contributed by atoms with Crippen molar-refractivity contribution in [2.45, 2.75) is 62.9 Å². The number of aromatic nitrogens is 6. The van der Waals surface area contributed by atoms with Crippen molar-refractivity contribution in [1.29, 1.82) is 0 Å². The maximum absolute atomic E-state index is 15.4. The number of rotatable bonds is 12. The Hall–Kier alpha value is -5.35. The van der Waals surface area contributed by atoms with E-state index in [1.165, 1.54) is 4.68 Å². The van der Waals surface area contributed by atoms with Crippen LogP contribution in [-0.2, 0) is 46.9 Å². The molecule has 8 rings (SSSR count). The summed E-state index contributed by atoms with van der Waals surface area (Å²) < 4.78 is 131. The van der Waals surface area contributed by atoms with Crippen LogP contribution in [0.5, 0.6) is 0 Å². The summed E-state index contributed by atoms with van der Waals surface area (Å²) in [5.41, 5.74) is -2.97. The van der Waals surface area contributed by atoms with Crippen molar-refractivity contribution in [3.05, 3.63) is 82.3 Å². The summed E-state index contributed by atoms with van der Waals surface area (Å²) in [7, 11) is -2.23. The number of para-hydroxylation sites is 1. The number of amides is 1. The second kappa shape index (κ2) is 13.9. The summed E-state index contributed by atoms with van der Waals surface area (Å²) in [5.74, 6) is -9.04. The summed E-state index contributed by atoms with van der Waals surface area (Å²) in [4.78, 5) is 23.3. The molecule has 1 fully saturated rings. The van der Waals surface area contributed by atoms with Crippen LogP contribution in [0.2, 0.25) is 0 Å². The summed E-state index contributed by atoms with van der Waals surface area (Å²) >= 11 is 1.16. The molecule has 0 saturated heterocycles. The molecular formula is C37H34F7N9O4S2. The molecule has 1 saturated carbocycles. The van der Waals surface area contributed by atoms with Gasteiger partial charge in [0.2, 0.25) is 15.9 Å². The fourth-order valence-corrected chi connectivity index (χ4v) is 9.03. The molecule has 3 atom stereocenters. The van der Waals surface area contributed by atoms with E-state index in [-0.39, 0.29) is 42.1 Å². The fourth-order valence-electron chi connectivity index (χ4n) is 7.68. The van der Waals surface area contributed by atoms with E-state index in [2.05, 4.69) is 30.5 Å². The molecular weight excluding hydrogens is 832 g/mol. The van der Waals surface area contributed by atoms with E-state index >= 15 is 8.78 Å². The number of hydrogen-bond donors (Lipinski definition) is 4. The minimum absolute atomic E-state index is 0.00200. The van der Waals surface area contributed by atoms with E-state index in [0.29, 0.717) is 42.6 Å². The van der Waals surface area contributed by atoms with Crippen LogP contribution in [0.15, 0.2) is 42.5 Å². The zero-order valence-corrected chi connectivity index (χ0v) is 33.1. The van der Waals surface area contributed by atoms with Crippen LogP contribution in [0.3, 0.4) is 0 Å². The molecule has 312 valence electrons. The summed E-state index contributed by atoms with van der Waals surface area (Å²) in [6.45, 7) is 2.18. The maximum Gasteiger partial charge on any atom is 0.435 e. The van der Waals surface area contributed by atoms with E-state index in [0.717, 1.165) is 29.7 Å². The van der Waals surface area contributed by atoms with Gasteiger partial charge in [-0.25, -0.2) is 27.2 Å². The van der Waals surface area contributed by atoms with Crippen molar-refractivity contribution in [3.63, 3.8) is 0 Å². The second-order valence-corrected chi connectivity index (χ2v) is 18.2. The lowest BCUT2D eigenvalue weighted by Gasteiger charge is -2.23. The van der Waals surface area contributed by atoms with Crippen molar-refractivity contribution >= 4 is 59.5 Å². The number of alkyl halides is 5. The average molecular weight is 866 g/mol. The average Bonchev–Trinajstić information content (AvgIpc) is 3.38. The Morgan fingerprint density at radius 2 is 1.78 bits per heavy atom. The van der Waals surface area contributed by atoms with Gasteiger partial charge in [-0.3, -0.25) is 18.9 Å². The molecule has 22 heteroatoms. The number of anilines is 2. The summed E-state index contributed by atoms with van der Waals surface area (Å²) in [6, 6.07) is 7.86. The molecule has 0 bridgehead atoms. The van der Waals surface area contributed by atoms with Gasteiger partial charge in [-0.2, -0.15) is 32.1 Å². The van der Waals surface area contributed by atoms with E-state index in [9.17, 15) is 40.3 Å². The highest BCUT2D eigenvalue weighted by atomic mass is 32.2. The number of aliphatic hydroxyl groups is 1. The minimum Gasteiger partial charge on any atom is -0.389 e. The van der Waals surface area contributed by atoms with Gasteiger partial charge in [0.15, 0.2) is 22.3 Å². The molecule has 2 aliphatic carbocycles. The predicted molar refractivity (Wildman–Crippen MR) is 203 cm³/mol. The number of carbonyl (C=O) groups is 1. The van der Waals surface area contributed by atoms with E-state index in [1.807, 2.05) is 0 Å². The molecule has 1 amide bonds. The Morgan fingerprint density at radius 3 is 2.44 bits per heavy atom. The maximum atomic E-state index is 15.4. The van der Waals surface area contributed by atoms with Gasteiger partial charge >= 0.3 is 6.18 Å². The van der Waals surface area contributed by atoms with Crippen LogP contribution in [0, 0.1) is 17.6 Å². The highest BCUT2D eigenvalue weighted by Crippen LogP contribution is 2.68. The smallest absolute Gasteiger partial charge is 0.389 e. The number of carbonyl (C=O) groups excluding carboxylic acids is 1. The molecule has 0 spiro atoms. The van der Waals surface area contributed by atoms with Crippen molar-refractivity contribution in [2.75, 3.05) is 22.8 Å². The minimum atomic E-state index is -5.07. The molecule has 0 radical (unpaired) electrons. The van der Waals surface area contributed by atoms with E-state index < -0.39 is 86.6 Å². The first kappa shape index (κ1) is 40.4. The first-order valence-electron chi connectivity index (χ1n) is 18.0. The van der Waals surface area contributed by atoms with Crippen LogP contribution in [-0.4, -0.2) is 67.4 Å². The van der Waals surface area contributed by atoms with Crippen molar-refractivity contribution in [1.82, 2.24) is 34.8 Å². The SMILES string of the molecule is Cn1nc(NS(C)(=O)=O)c2cccc(-c3cc4sc(NCC(C)(C)O)nc4nc3[C@H](Cc3cc(F)cc(F)c3)NC(=O)Cn3nc(C(F)(F)F)c4c3C(F)(F)[C@@H]3CC43)c21. The second-order valence-electron chi connectivity index (χ2n) is 15.4. The van der Waals surface area contributed by atoms with Crippen molar-refractivity contribution in [3.8, 4) is 11.1 Å². The highest BCUT2D eigenvalue weighted by Gasteiger charge is 2.68. The standard InChI is InChI=1S/C37H34F7N9O4S2/c1-35(2,55)15-45-34-48-33-25(58-34)13-21(19-6-5-7-20-29(19)52(3)50-32(20)51-59(4,56)57)28(47-33)24(10-16-8-17(38)11-18(39)9-16)46-26(54)14-53-31-27(30(49-53)37(42,43)44)22-12-23(22)36(31,40)41/h5-9,11,13,22-24,55H,10,12,14-15H2,1-4H3,(H,46,54)(H,50,51)(H,45,47,48)/t22?,23-,24+/m1/s1. The topological polar surface area (TPSA) is 169 Å². The summed E-state index contributed by atoms with van der Waals surface area (Å²) in [6.07, 6.45) is -4.64. The van der Waals surface area contributed by atoms with Crippen molar-refractivity contribution < 1.29 is 49.1 Å². The monoisotopic (exact) mass is 865 g/mol. The van der Waals surface area contributed by atoms with Gasteiger partial charge < -0.3 is 15.7 Å². The lowest BCUT2D eigenvalue weighted by molar-refractivity contribution is -0.142. The van der Waals surface area contributed by atoms with Gasteiger partial charge in [-0.15, -0.1) is 0 Å². The molecule has 6 aromatic rings. The van der Waals surface area contributed by atoms with Gasteiger partial charge in [0.05, 0.1) is 33.8 Å². The lowest BCUT2D eigenvalue weighted by atomic mass is 9.94. The van der Waals surface area contributed by atoms with Gasteiger partial charge in [-0.05, 0) is 62.4 Å². The Balaban J connectivity index is 1.28. The number of thiazole rings is 1. The quantitative estimate of drug-likeness (QED) is 0.0991. The van der Waals surface area contributed by atoms with E-state index in [4.69, 9.17) is 4.98 Å².